The molecule has 1 N–H and O–H groups in total. The molecule has 2 saturated heterocycles. The number of piperidine rings is 2. The first kappa shape index (κ1) is 13.6. The zero-order valence-corrected chi connectivity index (χ0v) is 11.7. The Balaban J connectivity index is 1.99. The van der Waals surface area contributed by atoms with E-state index >= 15 is 0 Å². The van der Waals surface area contributed by atoms with Crippen LogP contribution in [0.25, 0.3) is 0 Å². The number of carbonyl (C=O) groups excluding carboxylic acids is 1. The minimum absolute atomic E-state index is 0.200. The molecule has 2 heterocycles. The van der Waals surface area contributed by atoms with Crippen LogP contribution in [0.1, 0.15) is 20.8 Å². The third kappa shape index (κ3) is 2.95. The Morgan fingerprint density at radius 3 is 2.22 bits per heavy atom. The molecular formula is C13H24N2O3. The molecule has 1 amide bonds. The van der Waals surface area contributed by atoms with Gasteiger partial charge in [0.05, 0.1) is 6.10 Å². The Kier molecular flexibility index (Phi) is 3.82. The zero-order chi connectivity index (χ0) is 13.3. The second-order valence-electron chi connectivity index (χ2n) is 6.26. The van der Waals surface area contributed by atoms with Gasteiger partial charge in [0.25, 0.3) is 0 Å². The van der Waals surface area contributed by atoms with E-state index in [1.54, 1.807) is 7.11 Å². The van der Waals surface area contributed by atoms with Crippen LogP contribution in [-0.2, 0) is 9.47 Å². The second-order valence-corrected chi connectivity index (χ2v) is 6.26. The number of carbonyl (C=O) groups is 1. The number of amides is 1. The zero-order valence-electron chi connectivity index (χ0n) is 11.7. The van der Waals surface area contributed by atoms with Crippen LogP contribution >= 0.6 is 0 Å². The van der Waals surface area contributed by atoms with E-state index in [1.165, 1.54) is 0 Å². The Labute approximate surface area is 109 Å². The van der Waals surface area contributed by atoms with E-state index in [0.717, 1.165) is 26.2 Å². The SMILES string of the molecule is COC1C2CNCC1CN(C(=O)OC(C)(C)C)C2. The Morgan fingerprint density at radius 2 is 1.78 bits per heavy atom. The van der Waals surface area contributed by atoms with Crippen LogP contribution in [-0.4, -0.2) is 56.0 Å². The van der Waals surface area contributed by atoms with Crippen molar-refractivity contribution in [1.29, 1.82) is 0 Å². The van der Waals surface area contributed by atoms with Gasteiger partial charge >= 0.3 is 6.09 Å². The third-order valence-corrected chi connectivity index (χ3v) is 3.58. The Morgan fingerprint density at radius 1 is 1.22 bits per heavy atom. The van der Waals surface area contributed by atoms with E-state index in [0.29, 0.717) is 11.8 Å². The molecule has 2 bridgehead atoms. The lowest BCUT2D eigenvalue weighted by Crippen LogP contribution is -2.61. The summed E-state index contributed by atoms with van der Waals surface area (Å²) in [5, 5.41) is 3.40. The molecule has 0 radical (unpaired) electrons. The number of methoxy groups -OCH3 is 1. The van der Waals surface area contributed by atoms with E-state index in [2.05, 4.69) is 5.32 Å². The van der Waals surface area contributed by atoms with E-state index in [4.69, 9.17) is 9.47 Å². The third-order valence-electron chi connectivity index (χ3n) is 3.58. The summed E-state index contributed by atoms with van der Waals surface area (Å²) in [4.78, 5) is 13.9. The van der Waals surface area contributed by atoms with Gasteiger partial charge in [-0.3, -0.25) is 0 Å². The van der Waals surface area contributed by atoms with Crippen LogP contribution in [0, 0.1) is 11.8 Å². The lowest BCUT2D eigenvalue weighted by molar-refractivity contribution is -0.0684. The molecule has 0 aromatic rings. The summed E-state index contributed by atoms with van der Waals surface area (Å²) in [6.45, 7) is 8.95. The van der Waals surface area contributed by atoms with Gasteiger partial charge in [0, 0.05) is 45.1 Å². The van der Waals surface area contributed by atoms with Gasteiger partial charge in [-0.2, -0.15) is 0 Å². The largest absolute Gasteiger partial charge is 0.444 e. The molecule has 0 aromatic carbocycles. The minimum atomic E-state index is -0.428. The van der Waals surface area contributed by atoms with Gasteiger partial charge in [-0.25, -0.2) is 4.79 Å². The first-order valence-corrected chi connectivity index (χ1v) is 6.62. The van der Waals surface area contributed by atoms with Crippen molar-refractivity contribution >= 4 is 6.09 Å². The van der Waals surface area contributed by atoms with E-state index < -0.39 is 5.60 Å². The summed E-state index contributed by atoms with van der Waals surface area (Å²) in [6.07, 6.45) is 0.0684. The summed E-state index contributed by atoms with van der Waals surface area (Å²) in [7, 11) is 1.76. The van der Waals surface area contributed by atoms with Crippen molar-refractivity contribution in [2.45, 2.75) is 32.5 Å². The van der Waals surface area contributed by atoms with Crippen LogP contribution in [0.15, 0.2) is 0 Å². The number of likely N-dealkylation sites (tertiary alicyclic amines) is 1. The molecule has 2 aliphatic rings. The van der Waals surface area contributed by atoms with Gasteiger partial charge in [0.1, 0.15) is 5.60 Å². The molecule has 5 heteroatoms. The van der Waals surface area contributed by atoms with Crippen LogP contribution in [0.4, 0.5) is 4.79 Å². The molecular weight excluding hydrogens is 232 g/mol. The van der Waals surface area contributed by atoms with Crippen molar-refractivity contribution in [3.63, 3.8) is 0 Å². The number of fused-ring (bicyclic) bond motifs is 2. The summed E-state index contributed by atoms with van der Waals surface area (Å²) in [5.41, 5.74) is -0.428. The molecule has 0 aliphatic carbocycles. The van der Waals surface area contributed by atoms with Crippen LogP contribution in [0.5, 0.6) is 0 Å². The van der Waals surface area contributed by atoms with Gasteiger partial charge < -0.3 is 19.7 Å². The number of hydrogen-bond donors (Lipinski definition) is 1. The molecule has 0 saturated carbocycles. The lowest BCUT2D eigenvalue weighted by Gasteiger charge is -2.46. The van der Waals surface area contributed by atoms with E-state index in [-0.39, 0.29) is 12.2 Å². The smallest absolute Gasteiger partial charge is 0.410 e. The highest BCUT2D eigenvalue weighted by Crippen LogP contribution is 2.28. The molecule has 2 unspecified atom stereocenters. The summed E-state index contributed by atoms with van der Waals surface area (Å²) < 4.78 is 11.0. The van der Waals surface area contributed by atoms with Crippen molar-refractivity contribution in [3.05, 3.63) is 0 Å². The molecule has 18 heavy (non-hydrogen) atoms. The lowest BCUT2D eigenvalue weighted by atomic mass is 9.82. The summed E-state index contributed by atoms with van der Waals surface area (Å²) in [6, 6.07) is 0. The van der Waals surface area contributed by atoms with Crippen molar-refractivity contribution in [3.8, 4) is 0 Å². The van der Waals surface area contributed by atoms with Crippen molar-refractivity contribution in [1.82, 2.24) is 10.2 Å². The molecule has 2 aliphatic heterocycles. The van der Waals surface area contributed by atoms with Crippen molar-refractivity contribution in [2.75, 3.05) is 33.3 Å². The monoisotopic (exact) mass is 256 g/mol. The maximum atomic E-state index is 12.1. The van der Waals surface area contributed by atoms with Crippen molar-refractivity contribution < 1.29 is 14.3 Å². The molecule has 2 atom stereocenters. The molecule has 2 fully saturated rings. The molecule has 0 spiro atoms. The molecule has 5 nitrogen and oxygen atoms in total. The number of nitrogens with one attached hydrogen (secondary N) is 1. The fourth-order valence-electron chi connectivity index (χ4n) is 2.91. The van der Waals surface area contributed by atoms with Gasteiger partial charge in [0.2, 0.25) is 0 Å². The second kappa shape index (κ2) is 5.05. The normalized spacial score (nSPS) is 32.2. The van der Waals surface area contributed by atoms with Gasteiger partial charge in [0.15, 0.2) is 0 Å². The van der Waals surface area contributed by atoms with E-state index in [9.17, 15) is 4.79 Å². The highest BCUT2D eigenvalue weighted by atomic mass is 16.6. The number of rotatable bonds is 1. The molecule has 104 valence electrons. The average Bonchev–Trinajstić information content (AvgIpc) is 2.24. The maximum absolute atomic E-state index is 12.1. The van der Waals surface area contributed by atoms with Crippen molar-refractivity contribution in [2.24, 2.45) is 11.8 Å². The Bertz CT molecular complexity index is 300. The first-order valence-electron chi connectivity index (χ1n) is 6.62. The van der Waals surface area contributed by atoms with Crippen LogP contribution < -0.4 is 5.32 Å². The van der Waals surface area contributed by atoms with Crippen LogP contribution in [0.3, 0.4) is 0 Å². The average molecular weight is 256 g/mol. The van der Waals surface area contributed by atoms with Crippen LogP contribution in [0.2, 0.25) is 0 Å². The predicted octanol–water partition coefficient (Wildman–Crippen LogP) is 1.09. The summed E-state index contributed by atoms with van der Waals surface area (Å²) >= 11 is 0. The Hall–Kier alpha value is -0.810. The van der Waals surface area contributed by atoms with Gasteiger partial charge in [-0.1, -0.05) is 0 Å². The number of ether oxygens (including phenoxy) is 2. The maximum Gasteiger partial charge on any atom is 0.410 e. The summed E-state index contributed by atoms with van der Waals surface area (Å²) in [5.74, 6) is 0.741. The highest BCUT2D eigenvalue weighted by molar-refractivity contribution is 5.68. The molecule has 2 rings (SSSR count). The van der Waals surface area contributed by atoms with Gasteiger partial charge in [-0.15, -0.1) is 0 Å². The fraction of sp³-hybridized carbons (Fsp3) is 0.923. The quantitative estimate of drug-likeness (QED) is 0.763. The molecule has 0 aromatic heterocycles. The highest BCUT2D eigenvalue weighted by Gasteiger charge is 2.42. The fourth-order valence-corrected chi connectivity index (χ4v) is 2.91. The number of nitrogens with zero attached hydrogens (tertiary/aromatic N) is 1. The predicted molar refractivity (Wildman–Crippen MR) is 68.5 cm³/mol. The first-order chi connectivity index (χ1) is 8.40. The van der Waals surface area contributed by atoms with Gasteiger partial charge in [-0.05, 0) is 20.8 Å². The standard InChI is InChI=1S/C13H24N2O3/c1-13(2,3)18-12(16)15-7-9-5-14-6-10(8-15)11(9)17-4/h9-11,14H,5-8H2,1-4H3. The topological polar surface area (TPSA) is 50.8 Å². The minimum Gasteiger partial charge on any atom is -0.444 e. The number of hydrogen-bond acceptors (Lipinski definition) is 4. The van der Waals surface area contributed by atoms with E-state index in [1.807, 2.05) is 25.7 Å².